The first-order valence-corrected chi connectivity index (χ1v) is 8.62. The molecule has 4 nitrogen and oxygen atoms in total. The number of ether oxygens (including phenoxy) is 1. The van der Waals surface area contributed by atoms with Crippen LogP contribution in [0, 0.1) is 11.3 Å². The molecule has 2 heterocycles. The number of nitrogens with two attached hydrogens (primary N) is 1. The van der Waals surface area contributed by atoms with Gasteiger partial charge in [0.1, 0.15) is 0 Å². The lowest BCUT2D eigenvalue weighted by Crippen LogP contribution is -2.81. The smallest absolute Gasteiger partial charge is 0.0690 e. The van der Waals surface area contributed by atoms with Crippen LogP contribution in [-0.4, -0.2) is 66.8 Å². The molecule has 4 heteroatoms. The number of hydrogen-bond donors (Lipinski definition) is 1. The molecule has 3 aliphatic rings. The minimum atomic E-state index is -0.0898. The SMILES string of the molecule is CC1CN(CC2(N)C3CCCOC3C2(C)C)CC(C)N1C. The monoisotopic (exact) mass is 295 g/mol. The van der Waals surface area contributed by atoms with E-state index < -0.39 is 0 Å². The van der Waals surface area contributed by atoms with Crippen LogP contribution in [0.25, 0.3) is 0 Å². The standard InChI is InChI=1S/C17H33N3O/c1-12-9-20(10-13(2)19(12)5)11-17(18)14-7-6-8-21-15(14)16(17,3)4/h12-15H,6-11,18H2,1-5H3. The number of piperazine rings is 1. The fourth-order valence-electron chi connectivity index (χ4n) is 5.00. The van der Waals surface area contributed by atoms with Crippen molar-refractivity contribution < 1.29 is 4.74 Å². The lowest BCUT2D eigenvalue weighted by atomic mass is 9.46. The van der Waals surface area contributed by atoms with Gasteiger partial charge in [0, 0.05) is 55.2 Å². The molecule has 122 valence electrons. The minimum Gasteiger partial charge on any atom is -0.377 e. The van der Waals surface area contributed by atoms with Gasteiger partial charge in [-0.05, 0) is 33.7 Å². The third-order valence-electron chi connectivity index (χ3n) is 6.82. The molecule has 2 saturated heterocycles. The van der Waals surface area contributed by atoms with Gasteiger partial charge >= 0.3 is 0 Å². The van der Waals surface area contributed by atoms with Crippen molar-refractivity contribution in [1.29, 1.82) is 0 Å². The Morgan fingerprint density at radius 2 is 1.81 bits per heavy atom. The number of rotatable bonds is 2. The maximum absolute atomic E-state index is 6.96. The zero-order chi connectivity index (χ0) is 15.4. The zero-order valence-electron chi connectivity index (χ0n) is 14.4. The first kappa shape index (κ1) is 15.7. The van der Waals surface area contributed by atoms with E-state index in [4.69, 9.17) is 10.5 Å². The summed E-state index contributed by atoms with van der Waals surface area (Å²) in [5.41, 5.74) is 6.96. The summed E-state index contributed by atoms with van der Waals surface area (Å²) in [7, 11) is 2.24. The van der Waals surface area contributed by atoms with Gasteiger partial charge < -0.3 is 10.5 Å². The molecule has 3 fully saturated rings. The van der Waals surface area contributed by atoms with Crippen LogP contribution in [0.3, 0.4) is 0 Å². The van der Waals surface area contributed by atoms with Crippen LogP contribution in [-0.2, 0) is 4.74 Å². The summed E-state index contributed by atoms with van der Waals surface area (Å²) in [6.07, 6.45) is 2.79. The number of fused-ring (bicyclic) bond motifs is 1. The molecule has 0 aromatic carbocycles. The summed E-state index contributed by atoms with van der Waals surface area (Å²) in [4.78, 5) is 5.08. The second kappa shape index (κ2) is 5.19. The molecule has 1 aliphatic carbocycles. The fraction of sp³-hybridized carbons (Fsp3) is 1.00. The van der Waals surface area contributed by atoms with Crippen molar-refractivity contribution in [2.45, 2.75) is 64.3 Å². The first-order chi connectivity index (χ1) is 9.77. The Morgan fingerprint density at radius 3 is 2.43 bits per heavy atom. The third-order valence-corrected chi connectivity index (χ3v) is 6.82. The topological polar surface area (TPSA) is 41.7 Å². The highest BCUT2D eigenvalue weighted by Gasteiger charge is 2.66. The van der Waals surface area contributed by atoms with Crippen molar-refractivity contribution >= 4 is 0 Å². The lowest BCUT2D eigenvalue weighted by molar-refractivity contribution is -0.233. The predicted molar refractivity (Wildman–Crippen MR) is 86.3 cm³/mol. The summed E-state index contributed by atoms with van der Waals surface area (Å²) in [5.74, 6) is 0.548. The molecule has 0 amide bonds. The molecular weight excluding hydrogens is 262 g/mol. The predicted octanol–water partition coefficient (Wildman–Crippen LogP) is 1.54. The average molecular weight is 295 g/mol. The largest absolute Gasteiger partial charge is 0.377 e. The van der Waals surface area contributed by atoms with Crippen LogP contribution in [0.2, 0.25) is 0 Å². The van der Waals surface area contributed by atoms with Crippen LogP contribution in [0.4, 0.5) is 0 Å². The summed E-state index contributed by atoms with van der Waals surface area (Å²) >= 11 is 0. The van der Waals surface area contributed by atoms with Crippen LogP contribution < -0.4 is 5.73 Å². The molecule has 2 N–H and O–H groups in total. The van der Waals surface area contributed by atoms with Gasteiger partial charge in [-0.1, -0.05) is 13.8 Å². The van der Waals surface area contributed by atoms with Crippen LogP contribution >= 0.6 is 0 Å². The van der Waals surface area contributed by atoms with Gasteiger partial charge in [0.25, 0.3) is 0 Å². The molecule has 0 aromatic heterocycles. The highest BCUT2D eigenvalue weighted by atomic mass is 16.5. The maximum Gasteiger partial charge on any atom is 0.0690 e. The Morgan fingerprint density at radius 1 is 1.19 bits per heavy atom. The molecule has 0 radical (unpaired) electrons. The Balaban J connectivity index is 1.71. The normalized spacial score (nSPS) is 47.7. The molecule has 21 heavy (non-hydrogen) atoms. The number of likely N-dealkylation sites (N-methyl/N-ethyl adjacent to an activating group) is 1. The van der Waals surface area contributed by atoms with E-state index >= 15 is 0 Å². The van der Waals surface area contributed by atoms with Gasteiger partial charge in [0.05, 0.1) is 6.10 Å². The van der Waals surface area contributed by atoms with Crippen LogP contribution in [0.1, 0.15) is 40.5 Å². The molecule has 0 bridgehead atoms. The Hall–Kier alpha value is -0.160. The van der Waals surface area contributed by atoms with E-state index in [0.717, 1.165) is 26.2 Å². The van der Waals surface area contributed by atoms with E-state index in [1.54, 1.807) is 0 Å². The van der Waals surface area contributed by atoms with Gasteiger partial charge in [-0.3, -0.25) is 9.80 Å². The van der Waals surface area contributed by atoms with E-state index in [1.807, 2.05) is 0 Å². The number of hydrogen-bond acceptors (Lipinski definition) is 4. The van der Waals surface area contributed by atoms with E-state index in [0.29, 0.717) is 24.1 Å². The zero-order valence-corrected chi connectivity index (χ0v) is 14.4. The second-order valence-corrected chi connectivity index (χ2v) is 8.36. The number of nitrogens with zero attached hydrogens (tertiary/aromatic N) is 2. The van der Waals surface area contributed by atoms with Gasteiger partial charge in [0.15, 0.2) is 0 Å². The van der Waals surface area contributed by atoms with E-state index in [1.165, 1.54) is 12.8 Å². The van der Waals surface area contributed by atoms with Crippen LogP contribution in [0.5, 0.6) is 0 Å². The molecule has 5 atom stereocenters. The van der Waals surface area contributed by atoms with Gasteiger partial charge in [-0.25, -0.2) is 0 Å². The highest BCUT2D eigenvalue weighted by molar-refractivity contribution is 5.21. The van der Waals surface area contributed by atoms with E-state index in [-0.39, 0.29) is 11.0 Å². The van der Waals surface area contributed by atoms with Gasteiger partial charge in [0.2, 0.25) is 0 Å². The molecule has 2 aliphatic heterocycles. The lowest BCUT2D eigenvalue weighted by Gasteiger charge is -2.67. The van der Waals surface area contributed by atoms with Crippen molar-refractivity contribution in [3.05, 3.63) is 0 Å². The molecule has 5 unspecified atom stereocenters. The first-order valence-electron chi connectivity index (χ1n) is 8.62. The average Bonchev–Trinajstić information content (AvgIpc) is 2.44. The van der Waals surface area contributed by atoms with Gasteiger partial charge in [-0.15, -0.1) is 0 Å². The van der Waals surface area contributed by atoms with Crippen molar-refractivity contribution in [3.63, 3.8) is 0 Å². The molecule has 3 rings (SSSR count). The van der Waals surface area contributed by atoms with Crippen LogP contribution in [0.15, 0.2) is 0 Å². The Labute approximate surface area is 130 Å². The fourth-order valence-corrected chi connectivity index (χ4v) is 5.00. The van der Waals surface area contributed by atoms with Crippen molar-refractivity contribution in [3.8, 4) is 0 Å². The summed E-state index contributed by atoms with van der Waals surface area (Å²) < 4.78 is 6.03. The van der Waals surface area contributed by atoms with Crippen molar-refractivity contribution in [2.24, 2.45) is 17.1 Å². The molecule has 1 saturated carbocycles. The van der Waals surface area contributed by atoms with Gasteiger partial charge in [-0.2, -0.15) is 0 Å². The molecule has 0 aromatic rings. The summed E-state index contributed by atoms with van der Waals surface area (Å²) in [5, 5.41) is 0. The maximum atomic E-state index is 6.96. The minimum absolute atomic E-state index is 0.0898. The third kappa shape index (κ3) is 2.26. The van der Waals surface area contributed by atoms with Crippen molar-refractivity contribution in [1.82, 2.24) is 9.80 Å². The Kier molecular flexibility index (Phi) is 3.89. The quantitative estimate of drug-likeness (QED) is 0.839. The second-order valence-electron chi connectivity index (χ2n) is 8.36. The Bertz CT molecular complexity index is 387. The van der Waals surface area contributed by atoms with E-state index in [9.17, 15) is 0 Å². The van der Waals surface area contributed by atoms with Crippen molar-refractivity contribution in [2.75, 3.05) is 33.3 Å². The van der Waals surface area contributed by atoms with E-state index in [2.05, 4.69) is 44.5 Å². The molecular formula is C17H33N3O. The summed E-state index contributed by atoms with van der Waals surface area (Å²) in [6.45, 7) is 13.5. The highest BCUT2D eigenvalue weighted by Crippen LogP contribution is 2.57. The summed E-state index contributed by atoms with van der Waals surface area (Å²) in [6, 6.07) is 1.22. The molecule has 0 spiro atoms.